The molecule has 0 fully saturated rings. The number of rotatable bonds is 4. The van der Waals surface area contributed by atoms with Crippen LogP contribution in [0.3, 0.4) is 0 Å². The van der Waals surface area contributed by atoms with Gasteiger partial charge in [0.1, 0.15) is 5.82 Å². The van der Waals surface area contributed by atoms with E-state index in [0.717, 1.165) is 28.8 Å². The third-order valence-corrected chi connectivity index (χ3v) is 7.50. The van der Waals surface area contributed by atoms with E-state index in [1.54, 1.807) is 29.5 Å². The predicted octanol–water partition coefficient (Wildman–Crippen LogP) is 6.81. The minimum absolute atomic E-state index is 0.117. The first kappa shape index (κ1) is 22.9. The number of hydrogen-bond acceptors (Lipinski definition) is 4. The fourth-order valence-corrected chi connectivity index (χ4v) is 5.58. The van der Waals surface area contributed by atoms with Gasteiger partial charge in [0.15, 0.2) is 0 Å². The van der Waals surface area contributed by atoms with Crippen LogP contribution in [0.5, 0.6) is 0 Å². The summed E-state index contributed by atoms with van der Waals surface area (Å²) in [5.41, 5.74) is 6.16. The highest BCUT2D eigenvalue weighted by atomic mass is 32.1. The van der Waals surface area contributed by atoms with Gasteiger partial charge in [-0.25, -0.2) is 4.98 Å². The second-order valence-electron chi connectivity index (χ2n) is 8.86. The zero-order chi connectivity index (χ0) is 25.2. The lowest BCUT2D eigenvalue weighted by atomic mass is 9.99. The molecule has 6 rings (SSSR count). The number of pyridine rings is 1. The number of nitrogens with one attached hydrogen (secondary N) is 1. The molecule has 1 N–H and O–H groups in total. The SMILES string of the molecule is O=C(Nc1ccc(C(=O)N2Cc3sccc3Cc3ccccc32)cn1)c1ccccc1-c1ccccc1. The molecule has 180 valence electrons. The van der Waals surface area contributed by atoms with Gasteiger partial charge in [0.25, 0.3) is 11.8 Å². The Bertz CT molecular complexity index is 1590. The van der Waals surface area contributed by atoms with Gasteiger partial charge in [0.05, 0.1) is 12.1 Å². The molecule has 37 heavy (non-hydrogen) atoms. The molecule has 1 aliphatic rings. The van der Waals surface area contributed by atoms with Crippen LogP contribution in [0.25, 0.3) is 11.1 Å². The molecule has 0 atom stereocenters. The molecule has 3 aromatic carbocycles. The number of fused-ring (bicyclic) bond motifs is 2. The third-order valence-electron chi connectivity index (χ3n) is 6.56. The fourth-order valence-electron chi connectivity index (χ4n) is 4.69. The normalized spacial score (nSPS) is 12.3. The monoisotopic (exact) mass is 501 g/mol. The molecule has 0 saturated heterocycles. The summed E-state index contributed by atoms with van der Waals surface area (Å²) in [5.74, 6) is 0.0208. The Kier molecular flexibility index (Phi) is 6.08. The molecule has 0 unspecified atom stereocenters. The van der Waals surface area contributed by atoms with E-state index in [2.05, 4.69) is 27.8 Å². The van der Waals surface area contributed by atoms with Crippen molar-refractivity contribution < 1.29 is 9.59 Å². The van der Waals surface area contributed by atoms with Crippen LogP contribution in [0.2, 0.25) is 0 Å². The summed E-state index contributed by atoms with van der Waals surface area (Å²) in [6, 6.07) is 30.9. The van der Waals surface area contributed by atoms with Crippen molar-refractivity contribution in [3.8, 4) is 11.1 Å². The maximum atomic E-state index is 13.6. The lowest BCUT2D eigenvalue weighted by Crippen LogP contribution is -2.30. The Morgan fingerprint density at radius 1 is 0.811 bits per heavy atom. The van der Waals surface area contributed by atoms with E-state index in [9.17, 15) is 9.59 Å². The van der Waals surface area contributed by atoms with E-state index >= 15 is 0 Å². The smallest absolute Gasteiger partial charge is 0.260 e. The van der Waals surface area contributed by atoms with Gasteiger partial charge in [-0.1, -0.05) is 66.7 Å². The standard InChI is InChI=1S/C31H23N3O2S/c35-30(26-12-6-5-11-25(26)21-8-2-1-3-9-21)33-29-15-14-24(19-32-29)31(36)34-20-28-23(16-17-37-28)18-22-10-4-7-13-27(22)34/h1-17,19H,18,20H2,(H,32,33,35). The van der Waals surface area contributed by atoms with Crippen molar-refractivity contribution in [1.82, 2.24) is 4.98 Å². The van der Waals surface area contributed by atoms with Crippen molar-refractivity contribution in [3.63, 3.8) is 0 Å². The van der Waals surface area contributed by atoms with Crippen LogP contribution in [0, 0.1) is 0 Å². The molecule has 0 bridgehead atoms. The second-order valence-corrected chi connectivity index (χ2v) is 9.86. The molecular weight excluding hydrogens is 478 g/mol. The average molecular weight is 502 g/mol. The van der Waals surface area contributed by atoms with Crippen LogP contribution in [0.15, 0.2) is 109 Å². The van der Waals surface area contributed by atoms with E-state index < -0.39 is 0 Å². The van der Waals surface area contributed by atoms with E-state index in [4.69, 9.17) is 0 Å². The van der Waals surface area contributed by atoms with Crippen LogP contribution in [0.1, 0.15) is 36.7 Å². The summed E-state index contributed by atoms with van der Waals surface area (Å²) in [7, 11) is 0. The number of aromatic nitrogens is 1. The zero-order valence-corrected chi connectivity index (χ0v) is 20.7. The van der Waals surface area contributed by atoms with Gasteiger partial charge in [-0.2, -0.15) is 0 Å². The van der Waals surface area contributed by atoms with E-state index in [0.29, 0.717) is 23.5 Å². The van der Waals surface area contributed by atoms with Crippen LogP contribution in [-0.4, -0.2) is 16.8 Å². The van der Waals surface area contributed by atoms with Crippen molar-refractivity contribution >= 4 is 34.7 Å². The summed E-state index contributed by atoms with van der Waals surface area (Å²) in [6.07, 6.45) is 2.34. The molecule has 0 radical (unpaired) electrons. The number of para-hydroxylation sites is 1. The maximum absolute atomic E-state index is 13.6. The number of benzene rings is 3. The third kappa shape index (κ3) is 4.55. The van der Waals surface area contributed by atoms with Crippen LogP contribution < -0.4 is 10.2 Å². The fraction of sp³-hybridized carbons (Fsp3) is 0.0645. The van der Waals surface area contributed by atoms with Crippen molar-refractivity contribution in [2.24, 2.45) is 0 Å². The molecule has 1 aliphatic heterocycles. The summed E-state index contributed by atoms with van der Waals surface area (Å²) < 4.78 is 0. The van der Waals surface area contributed by atoms with Gasteiger partial charge in [-0.15, -0.1) is 11.3 Å². The van der Waals surface area contributed by atoms with Gasteiger partial charge < -0.3 is 10.2 Å². The summed E-state index contributed by atoms with van der Waals surface area (Å²) in [5, 5.41) is 4.96. The number of carbonyl (C=O) groups excluding carboxylic acids is 2. The summed E-state index contributed by atoms with van der Waals surface area (Å²) >= 11 is 1.68. The summed E-state index contributed by atoms with van der Waals surface area (Å²) in [6.45, 7) is 0.525. The van der Waals surface area contributed by atoms with Gasteiger partial charge >= 0.3 is 0 Å². The zero-order valence-electron chi connectivity index (χ0n) is 19.9. The minimum Gasteiger partial charge on any atom is -0.307 e. The molecule has 6 heteroatoms. The van der Waals surface area contributed by atoms with E-state index in [-0.39, 0.29) is 11.8 Å². The molecule has 0 saturated carbocycles. The highest BCUT2D eigenvalue weighted by Gasteiger charge is 2.26. The second kappa shape index (κ2) is 9.84. The molecule has 0 spiro atoms. The lowest BCUT2D eigenvalue weighted by Gasteiger charge is -2.23. The van der Waals surface area contributed by atoms with Crippen molar-refractivity contribution in [2.75, 3.05) is 10.2 Å². The number of carbonyl (C=O) groups is 2. The Hall–Kier alpha value is -4.55. The summed E-state index contributed by atoms with van der Waals surface area (Å²) in [4.78, 5) is 34.1. The lowest BCUT2D eigenvalue weighted by molar-refractivity contribution is 0.0984. The number of hydrogen-bond donors (Lipinski definition) is 1. The first-order valence-electron chi connectivity index (χ1n) is 12.0. The van der Waals surface area contributed by atoms with Crippen LogP contribution in [-0.2, 0) is 13.0 Å². The predicted molar refractivity (Wildman–Crippen MR) is 148 cm³/mol. The molecule has 2 amide bonds. The van der Waals surface area contributed by atoms with E-state index in [1.807, 2.05) is 71.6 Å². The molecular formula is C31H23N3O2S. The van der Waals surface area contributed by atoms with Gasteiger partial charge in [-0.3, -0.25) is 9.59 Å². The quantitative estimate of drug-likeness (QED) is 0.294. The van der Waals surface area contributed by atoms with Crippen molar-refractivity contribution in [2.45, 2.75) is 13.0 Å². The molecule has 2 aromatic heterocycles. The Balaban J connectivity index is 1.24. The molecule has 5 nitrogen and oxygen atoms in total. The number of nitrogens with zero attached hydrogens (tertiary/aromatic N) is 2. The first-order chi connectivity index (χ1) is 18.2. The van der Waals surface area contributed by atoms with Crippen molar-refractivity contribution in [3.05, 3.63) is 136 Å². The molecule has 5 aromatic rings. The Labute approximate surface area is 219 Å². The Morgan fingerprint density at radius 2 is 1.59 bits per heavy atom. The largest absolute Gasteiger partial charge is 0.307 e. The topological polar surface area (TPSA) is 62.3 Å². The van der Waals surface area contributed by atoms with Crippen molar-refractivity contribution in [1.29, 1.82) is 0 Å². The highest BCUT2D eigenvalue weighted by molar-refractivity contribution is 7.10. The van der Waals surface area contributed by atoms with Gasteiger partial charge in [-0.05, 0) is 58.0 Å². The highest BCUT2D eigenvalue weighted by Crippen LogP contribution is 2.34. The van der Waals surface area contributed by atoms with Gasteiger partial charge in [0, 0.05) is 28.7 Å². The Morgan fingerprint density at radius 3 is 2.43 bits per heavy atom. The van der Waals surface area contributed by atoms with Crippen LogP contribution >= 0.6 is 11.3 Å². The minimum atomic E-state index is -0.252. The number of amides is 2. The number of anilines is 2. The average Bonchev–Trinajstić information content (AvgIpc) is 3.32. The van der Waals surface area contributed by atoms with E-state index in [1.165, 1.54) is 16.6 Å². The molecule has 3 heterocycles. The number of thiophene rings is 1. The first-order valence-corrected chi connectivity index (χ1v) is 12.9. The molecule has 0 aliphatic carbocycles. The van der Waals surface area contributed by atoms with Gasteiger partial charge in [0.2, 0.25) is 0 Å². The maximum Gasteiger partial charge on any atom is 0.260 e. The van der Waals surface area contributed by atoms with Crippen LogP contribution in [0.4, 0.5) is 11.5 Å².